The third-order valence-electron chi connectivity index (χ3n) is 3.43. The van der Waals surface area contributed by atoms with E-state index in [1.165, 1.54) is 5.56 Å². The summed E-state index contributed by atoms with van der Waals surface area (Å²) in [4.78, 5) is 14.1. The molecule has 1 fully saturated rings. The summed E-state index contributed by atoms with van der Waals surface area (Å²) < 4.78 is 5.48. The molecular weight excluding hydrogens is 252 g/mol. The van der Waals surface area contributed by atoms with Crippen molar-refractivity contribution in [3.8, 4) is 0 Å². The summed E-state index contributed by atoms with van der Waals surface area (Å²) in [6, 6.07) is 8.08. The van der Waals surface area contributed by atoms with Gasteiger partial charge in [-0.05, 0) is 57.7 Å². The topological polar surface area (TPSA) is 55.6 Å². The zero-order valence-corrected chi connectivity index (χ0v) is 12.6. The Morgan fingerprint density at radius 2 is 2.20 bits per heavy atom. The molecule has 1 aliphatic rings. The maximum Gasteiger partial charge on any atom is 0.410 e. The number of nitrogen functional groups attached to an aromatic ring is 1. The van der Waals surface area contributed by atoms with E-state index in [1.807, 2.05) is 43.9 Å². The Hall–Kier alpha value is -1.71. The van der Waals surface area contributed by atoms with Gasteiger partial charge in [-0.2, -0.15) is 0 Å². The zero-order valence-electron chi connectivity index (χ0n) is 12.6. The molecule has 1 amide bonds. The molecule has 20 heavy (non-hydrogen) atoms. The lowest BCUT2D eigenvalue weighted by Gasteiger charge is -2.28. The van der Waals surface area contributed by atoms with Crippen LogP contribution in [-0.2, 0) is 11.2 Å². The molecule has 0 saturated carbocycles. The molecule has 0 aromatic heterocycles. The van der Waals surface area contributed by atoms with Gasteiger partial charge < -0.3 is 15.4 Å². The van der Waals surface area contributed by atoms with E-state index in [0.717, 1.165) is 31.5 Å². The van der Waals surface area contributed by atoms with Crippen molar-refractivity contribution in [1.82, 2.24) is 4.90 Å². The summed E-state index contributed by atoms with van der Waals surface area (Å²) in [6.45, 7) is 6.47. The van der Waals surface area contributed by atoms with Crippen LogP contribution in [0.25, 0.3) is 0 Å². The van der Waals surface area contributed by atoms with E-state index in [0.29, 0.717) is 0 Å². The third-order valence-corrected chi connectivity index (χ3v) is 3.43. The largest absolute Gasteiger partial charge is 0.444 e. The molecule has 1 saturated heterocycles. The van der Waals surface area contributed by atoms with Crippen LogP contribution in [0.1, 0.15) is 39.2 Å². The van der Waals surface area contributed by atoms with Gasteiger partial charge in [-0.15, -0.1) is 0 Å². The van der Waals surface area contributed by atoms with Crippen molar-refractivity contribution in [3.63, 3.8) is 0 Å². The first-order chi connectivity index (χ1) is 9.35. The van der Waals surface area contributed by atoms with Gasteiger partial charge >= 0.3 is 6.09 Å². The van der Waals surface area contributed by atoms with Crippen molar-refractivity contribution in [3.05, 3.63) is 29.8 Å². The number of anilines is 1. The van der Waals surface area contributed by atoms with Crippen LogP contribution < -0.4 is 5.73 Å². The van der Waals surface area contributed by atoms with Gasteiger partial charge in [0.25, 0.3) is 0 Å². The predicted molar refractivity (Wildman–Crippen MR) is 80.5 cm³/mol. The fourth-order valence-electron chi connectivity index (χ4n) is 2.60. The summed E-state index contributed by atoms with van der Waals surface area (Å²) in [5.41, 5.74) is 7.30. The maximum atomic E-state index is 12.2. The molecule has 0 bridgehead atoms. The van der Waals surface area contributed by atoms with Crippen LogP contribution in [0.3, 0.4) is 0 Å². The van der Waals surface area contributed by atoms with E-state index in [-0.39, 0.29) is 12.1 Å². The molecule has 2 N–H and O–H groups in total. The fourth-order valence-corrected chi connectivity index (χ4v) is 2.60. The molecule has 1 aromatic carbocycles. The van der Waals surface area contributed by atoms with Gasteiger partial charge in [0.1, 0.15) is 5.60 Å². The van der Waals surface area contributed by atoms with Crippen LogP contribution in [0.4, 0.5) is 10.5 Å². The van der Waals surface area contributed by atoms with Crippen molar-refractivity contribution in [2.75, 3.05) is 12.3 Å². The molecular formula is C16H24N2O2. The zero-order chi connectivity index (χ0) is 14.8. The van der Waals surface area contributed by atoms with Crippen molar-refractivity contribution >= 4 is 11.8 Å². The average Bonchev–Trinajstić information content (AvgIpc) is 2.75. The molecule has 2 rings (SSSR count). The first-order valence-electron chi connectivity index (χ1n) is 7.19. The van der Waals surface area contributed by atoms with Crippen molar-refractivity contribution in [2.45, 2.75) is 51.7 Å². The maximum absolute atomic E-state index is 12.2. The number of rotatable bonds is 2. The summed E-state index contributed by atoms with van der Waals surface area (Å²) in [5.74, 6) is 0. The molecule has 4 nitrogen and oxygen atoms in total. The van der Waals surface area contributed by atoms with E-state index in [2.05, 4.69) is 6.07 Å². The van der Waals surface area contributed by atoms with Crippen LogP contribution in [0.2, 0.25) is 0 Å². The molecule has 0 aliphatic carbocycles. The summed E-state index contributed by atoms with van der Waals surface area (Å²) in [6.07, 6.45) is 2.69. The monoisotopic (exact) mass is 276 g/mol. The smallest absolute Gasteiger partial charge is 0.410 e. The molecule has 0 spiro atoms. The molecule has 1 aromatic rings. The average molecular weight is 276 g/mol. The summed E-state index contributed by atoms with van der Waals surface area (Å²) in [5, 5.41) is 0. The fraction of sp³-hybridized carbons (Fsp3) is 0.562. The second-order valence-electron chi connectivity index (χ2n) is 6.42. The Kier molecular flexibility index (Phi) is 4.21. The lowest BCUT2D eigenvalue weighted by Crippen LogP contribution is -2.40. The number of likely N-dealkylation sites (tertiary alicyclic amines) is 1. The highest BCUT2D eigenvalue weighted by molar-refractivity contribution is 5.69. The highest BCUT2D eigenvalue weighted by Crippen LogP contribution is 2.24. The Morgan fingerprint density at radius 3 is 2.85 bits per heavy atom. The second kappa shape index (κ2) is 5.73. The lowest BCUT2D eigenvalue weighted by atomic mass is 10.0. The normalized spacial score (nSPS) is 19.1. The first kappa shape index (κ1) is 14.7. The predicted octanol–water partition coefficient (Wildman–Crippen LogP) is 3.21. The molecule has 1 aliphatic heterocycles. The number of nitrogens with two attached hydrogens (primary N) is 1. The number of nitrogens with zero attached hydrogens (tertiary/aromatic N) is 1. The van der Waals surface area contributed by atoms with E-state index >= 15 is 0 Å². The first-order valence-corrected chi connectivity index (χ1v) is 7.19. The molecule has 1 heterocycles. The van der Waals surface area contributed by atoms with E-state index in [9.17, 15) is 4.79 Å². The van der Waals surface area contributed by atoms with Crippen molar-refractivity contribution in [2.24, 2.45) is 0 Å². The van der Waals surface area contributed by atoms with Gasteiger partial charge in [-0.3, -0.25) is 0 Å². The quantitative estimate of drug-likeness (QED) is 0.844. The Balaban J connectivity index is 2.02. The number of carbonyl (C=O) groups excluding carboxylic acids is 1. The minimum Gasteiger partial charge on any atom is -0.444 e. The van der Waals surface area contributed by atoms with Gasteiger partial charge in [0.05, 0.1) is 0 Å². The van der Waals surface area contributed by atoms with Crippen molar-refractivity contribution < 1.29 is 9.53 Å². The van der Waals surface area contributed by atoms with Crippen LogP contribution in [0.15, 0.2) is 24.3 Å². The van der Waals surface area contributed by atoms with E-state index in [4.69, 9.17) is 10.5 Å². The Labute approximate surface area is 120 Å². The highest BCUT2D eigenvalue weighted by Gasteiger charge is 2.32. The summed E-state index contributed by atoms with van der Waals surface area (Å²) in [7, 11) is 0. The molecule has 110 valence electrons. The standard InChI is InChI=1S/C16H24N2O2/c1-16(2,3)20-15(19)18-9-5-8-14(18)11-12-6-4-7-13(17)10-12/h4,6-7,10,14H,5,8-9,11,17H2,1-3H3. The molecule has 1 atom stereocenters. The number of carbonyl (C=O) groups is 1. The van der Waals surface area contributed by atoms with Crippen molar-refractivity contribution in [1.29, 1.82) is 0 Å². The molecule has 0 radical (unpaired) electrons. The highest BCUT2D eigenvalue weighted by atomic mass is 16.6. The van der Waals surface area contributed by atoms with Gasteiger partial charge in [-0.1, -0.05) is 12.1 Å². The number of benzene rings is 1. The second-order valence-corrected chi connectivity index (χ2v) is 6.42. The van der Waals surface area contributed by atoms with Gasteiger partial charge in [0.15, 0.2) is 0 Å². The van der Waals surface area contributed by atoms with E-state index in [1.54, 1.807) is 0 Å². The molecule has 1 unspecified atom stereocenters. The SMILES string of the molecule is CC(C)(C)OC(=O)N1CCCC1Cc1cccc(N)c1. The van der Waals surface area contributed by atoms with Crippen LogP contribution in [0.5, 0.6) is 0 Å². The third kappa shape index (κ3) is 3.89. The van der Waals surface area contributed by atoms with Crippen LogP contribution in [0, 0.1) is 0 Å². The lowest BCUT2D eigenvalue weighted by molar-refractivity contribution is 0.0227. The van der Waals surface area contributed by atoms with Gasteiger partial charge in [-0.25, -0.2) is 4.79 Å². The Morgan fingerprint density at radius 1 is 1.45 bits per heavy atom. The van der Waals surface area contributed by atoms with Gasteiger partial charge in [0.2, 0.25) is 0 Å². The number of hydrogen-bond donors (Lipinski definition) is 1. The van der Waals surface area contributed by atoms with Crippen LogP contribution >= 0.6 is 0 Å². The number of ether oxygens (including phenoxy) is 1. The number of hydrogen-bond acceptors (Lipinski definition) is 3. The van der Waals surface area contributed by atoms with Gasteiger partial charge in [0, 0.05) is 18.3 Å². The minimum absolute atomic E-state index is 0.205. The number of amides is 1. The Bertz CT molecular complexity index is 480. The minimum atomic E-state index is -0.443. The van der Waals surface area contributed by atoms with E-state index < -0.39 is 5.60 Å². The summed E-state index contributed by atoms with van der Waals surface area (Å²) >= 11 is 0. The molecule has 4 heteroatoms. The van der Waals surface area contributed by atoms with Crippen LogP contribution in [-0.4, -0.2) is 29.2 Å².